The van der Waals surface area contributed by atoms with Crippen molar-refractivity contribution in [3.8, 4) is 11.1 Å². The summed E-state index contributed by atoms with van der Waals surface area (Å²) in [5, 5.41) is 0. The highest BCUT2D eigenvalue weighted by molar-refractivity contribution is 5.94. The zero-order valence-electron chi connectivity index (χ0n) is 16.7. The molecule has 5 rings (SSSR count). The third-order valence-electron chi connectivity index (χ3n) is 5.44. The average Bonchev–Trinajstić information content (AvgIpc) is 3.28. The topological polar surface area (TPSA) is 72.9 Å². The molecule has 1 aliphatic rings. The molecule has 1 fully saturated rings. The molecule has 1 aliphatic heterocycles. The fourth-order valence-electron chi connectivity index (χ4n) is 3.90. The van der Waals surface area contributed by atoms with E-state index in [0.29, 0.717) is 31.3 Å². The average molecular weight is 390 g/mol. The summed E-state index contributed by atoms with van der Waals surface area (Å²) in [5.74, 6) is 0.605. The molecule has 0 atom stereocenters. The van der Waals surface area contributed by atoms with Crippen LogP contribution in [-0.2, 0) is 4.74 Å². The van der Waals surface area contributed by atoms with Crippen molar-refractivity contribution in [2.75, 3.05) is 19.8 Å². The van der Waals surface area contributed by atoms with Crippen molar-refractivity contribution in [3.05, 3.63) is 54.3 Å². The molecule has 1 amide bonds. The number of hydrogen-bond acceptors (Lipinski definition) is 5. The second kappa shape index (κ2) is 6.42. The normalized spacial score (nSPS) is 16.6. The minimum atomic E-state index is -0.354. The van der Waals surface area contributed by atoms with Crippen molar-refractivity contribution >= 4 is 22.7 Å². The zero-order chi connectivity index (χ0) is 20.2. The van der Waals surface area contributed by atoms with Crippen molar-refractivity contribution in [2.45, 2.75) is 26.3 Å². The van der Waals surface area contributed by atoms with Crippen LogP contribution in [0, 0.1) is 6.92 Å². The smallest absolute Gasteiger partial charge is 0.273 e. The van der Waals surface area contributed by atoms with Gasteiger partial charge in [0.05, 0.1) is 24.9 Å². The van der Waals surface area contributed by atoms with E-state index in [9.17, 15) is 4.79 Å². The van der Waals surface area contributed by atoms with Gasteiger partial charge in [0.1, 0.15) is 16.9 Å². The lowest BCUT2D eigenvalue weighted by Gasteiger charge is -2.41. The number of morpholine rings is 1. The van der Waals surface area contributed by atoms with Crippen LogP contribution >= 0.6 is 0 Å². The summed E-state index contributed by atoms with van der Waals surface area (Å²) >= 11 is 0. The number of pyridine rings is 1. The SMILES string of the molecule is Cc1nc2cc(-c3ccc4ncc(C(=O)N5CCOCC5(C)C)n4c3)ccc2o1. The first-order valence-electron chi connectivity index (χ1n) is 9.67. The molecule has 0 aliphatic carbocycles. The minimum absolute atomic E-state index is 0.0365. The van der Waals surface area contributed by atoms with Crippen molar-refractivity contribution in [1.29, 1.82) is 0 Å². The number of imidazole rings is 1. The van der Waals surface area contributed by atoms with Crippen LogP contribution in [0.3, 0.4) is 0 Å². The molecule has 0 spiro atoms. The number of hydrogen-bond donors (Lipinski definition) is 0. The van der Waals surface area contributed by atoms with Crippen LogP contribution in [0.2, 0.25) is 0 Å². The fourth-order valence-corrected chi connectivity index (χ4v) is 3.90. The lowest BCUT2D eigenvalue weighted by atomic mass is 10.0. The van der Waals surface area contributed by atoms with E-state index >= 15 is 0 Å². The number of aromatic nitrogens is 3. The molecule has 0 radical (unpaired) electrons. The van der Waals surface area contributed by atoms with E-state index in [1.807, 2.05) is 66.6 Å². The standard InChI is InChI=1S/C22H22N4O3/c1-14-24-17-10-15(4-6-19(17)29-14)16-5-7-20-23-11-18(25(20)12-16)21(27)26-8-9-28-13-22(26,2)3/h4-7,10-12H,8-9,13H2,1-3H3. The first-order chi connectivity index (χ1) is 13.9. The summed E-state index contributed by atoms with van der Waals surface area (Å²) in [7, 11) is 0. The Balaban J connectivity index is 1.57. The molecule has 148 valence electrons. The molecule has 0 saturated carbocycles. The second-order valence-corrected chi connectivity index (χ2v) is 8.03. The highest BCUT2D eigenvalue weighted by Crippen LogP contribution is 2.27. The molecule has 0 N–H and O–H groups in total. The number of rotatable bonds is 2. The molecule has 7 heteroatoms. The zero-order valence-corrected chi connectivity index (χ0v) is 16.7. The maximum atomic E-state index is 13.3. The van der Waals surface area contributed by atoms with Crippen LogP contribution in [0.15, 0.2) is 47.1 Å². The van der Waals surface area contributed by atoms with Crippen molar-refractivity contribution < 1.29 is 13.9 Å². The quantitative estimate of drug-likeness (QED) is 0.522. The van der Waals surface area contributed by atoms with E-state index in [2.05, 4.69) is 9.97 Å². The second-order valence-electron chi connectivity index (χ2n) is 8.03. The van der Waals surface area contributed by atoms with Crippen molar-refractivity contribution in [1.82, 2.24) is 19.3 Å². The molecule has 29 heavy (non-hydrogen) atoms. The number of ether oxygens (including phenoxy) is 1. The lowest BCUT2D eigenvalue weighted by Crippen LogP contribution is -2.55. The number of benzene rings is 1. The van der Waals surface area contributed by atoms with Gasteiger partial charge in [-0.2, -0.15) is 0 Å². The van der Waals surface area contributed by atoms with Gasteiger partial charge >= 0.3 is 0 Å². The number of oxazole rings is 1. The van der Waals surface area contributed by atoms with E-state index in [1.165, 1.54) is 0 Å². The van der Waals surface area contributed by atoms with Crippen molar-refractivity contribution in [3.63, 3.8) is 0 Å². The van der Waals surface area contributed by atoms with E-state index in [4.69, 9.17) is 9.15 Å². The van der Waals surface area contributed by atoms with Gasteiger partial charge in [0.2, 0.25) is 0 Å². The highest BCUT2D eigenvalue weighted by atomic mass is 16.5. The summed E-state index contributed by atoms with van der Waals surface area (Å²) in [4.78, 5) is 24.0. The summed E-state index contributed by atoms with van der Waals surface area (Å²) in [6.45, 7) is 7.52. The molecule has 1 aromatic carbocycles. The molecule has 1 saturated heterocycles. The number of nitrogens with zero attached hydrogens (tertiary/aromatic N) is 4. The van der Waals surface area contributed by atoms with E-state index in [0.717, 1.165) is 27.9 Å². The van der Waals surface area contributed by atoms with Gasteiger partial charge in [-0.3, -0.25) is 9.20 Å². The van der Waals surface area contributed by atoms with Gasteiger partial charge in [-0.1, -0.05) is 6.07 Å². The summed E-state index contributed by atoms with van der Waals surface area (Å²) in [5.41, 5.74) is 4.50. The van der Waals surface area contributed by atoms with E-state index in [-0.39, 0.29) is 11.4 Å². The Hall–Kier alpha value is -3.19. The van der Waals surface area contributed by atoms with Gasteiger partial charge in [-0.15, -0.1) is 0 Å². The van der Waals surface area contributed by atoms with Gasteiger partial charge in [-0.05, 0) is 49.2 Å². The number of carbonyl (C=O) groups is 1. The van der Waals surface area contributed by atoms with Crippen molar-refractivity contribution in [2.24, 2.45) is 0 Å². The molecule has 7 nitrogen and oxygen atoms in total. The molecule has 3 aromatic heterocycles. The van der Waals surface area contributed by atoms with Crippen LogP contribution in [0.25, 0.3) is 27.9 Å². The number of fused-ring (bicyclic) bond motifs is 2. The Morgan fingerprint density at radius 3 is 2.83 bits per heavy atom. The predicted octanol–water partition coefficient (Wildman–Crippen LogP) is 3.70. The van der Waals surface area contributed by atoms with E-state index in [1.54, 1.807) is 6.20 Å². The predicted molar refractivity (Wildman–Crippen MR) is 109 cm³/mol. The first-order valence-corrected chi connectivity index (χ1v) is 9.67. The highest BCUT2D eigenvalue weighted by Gasteiger charge is 2.35. The van der Waals surface area contributed by atoms with Gasteiger partial charge in [-0.25, -0.2) is 9.97 Å². The fraction of sp³-hybridized carbons (Fsp3) is 0.318. The molecular weight excluding hydrogens is 368 g/mol. The number of aryl methyl sites for hydroxylation is 1. The summed E-state index contributed by atoms with van der Waals surface area (Å²) < 4.78 is 13.0. The maximum Gasteiger partial charge on any atom is 0.273 e. The third-order valence-corrected chi connectivity index (χ3v) is 5.44. The Morgan fingerprint density at radius 1 is 1.17 bits per heavy atom. The molecule has 0 unspecified atom stereocenters. The van der Waals surface area contributed by atoms with Gasteiger partial charge in [0.25, 0.3) is 5.91 Å². The lowest BCUT2D eigenvalue weighted by molar-refractivity contribution is -0.0373. The Kier molecular flexibility index (Phi) is 3.96. The van der Waals surface area contributed by atoms with Crippen LogP contribution in [0.1, 0.15) is 30.2 Å². The van der Waals surface area contributed by atoms with Gasteiger partial charge < -0.3 is 14.1 Å². The van der Waals surface area contributed by atoms with Gasteiger partial charge in [0, 0.05) is 19.7 Å². The first kappa shape index (κ1) is 17.9. The Bertz CT molecular complexity index is 1240. The number of carbonyl (C=O) groups excluding carboxylic acids is 1. The third kappa shape index (κ3) is 2.98. The number of amides is 1. The van der Waals surface area contributed by atoms with Crippen LogP contribution in [-0.4, -0.2) is 50.5 Å². The molecule has 4 aromatic rings. The van der Waals surface area contributed by atoms with Crippen LogP contribution < -0.4 is 0 Å². The van der Waals surface area contributed by atoms with Crippen LogP contribution in [0.5, 0.6) is 0 Å². The maximum absolute atomic E-state index is 13.3. The summed E-state index contributed by atoms with van der Waals surface area (Å²) in [6.07, 6.45) is 3.61. The largest absolute Gasteiger partial charge is 0.441 e. The molecule has 0 bridgehead atoms. The Morgan fingerprint density at radius 2 is 2.00 bits per heavy atom. The Labute approximate surface area is 167 Å². The monoisotopic (exact) mass is 390 g/mol. The van der Waals surface area contributed by atoms with Crippen LogP contribution in [0.4, 0.5) is 0 Å². The molecular formula is C22H22N4O3. The minimum Gasteiger partial charge on any atom is -0.441 e. The van der Waals surface area contributed by atoms with E-state index < -0.39 is 0 Å². The molecule has 4 heterocycles. The van der Waals surface area contributed by atoms with Gasteiger partial charge in [0.15, 0.2) is 11.5 Å². The summed E-state index contributed by atoms with van der Waals surface area (Å²) in [6, 6.07) is 9.84.